The Bertz CT molecular complexity index is 564. The normalized spacial score (nSPS) is 24.5. The summed E-state index contributed by atoms with van der Waals surface area (Å²) in [4.78, 5) is 14.6. The third kappa shape index (κ3) is 3.39. The van der Waals surface area contributed by atoms with Gasteiger partial charge in [-0.2, -0.15) is 0 Å². The molecule has 4 rings (SSSR count). The summed E-state index contributed by atoms with van der Waals surface area (Å²) in [6, 6.07) is -0.119. The number of nitrogens with zero attached hydrogens (tertiary/aromatic N) is 4. The van der Waals surface area contributed by atoms with E-state index in [9.17, 15) is 4.79 Å². The molecule has 2 fully saturated rings. The van der Waals surface area contributed by atoms with Crippen molar-refractivity contribution in [2.45, 2.75) is 51.4 Å². The second-order valence-electron chi connectivity index (χ2n) is 6.69. The van der Waals surface area contributed by atoms with Crippen LogP contribution in [0.3, 0.4) is 0 Å². The van der Waals surface area contributed by atoms with Gasteiger partial charge in [-0.3, -0.25) is 10.2 Å². The molecule has 0 aromatic carbocycles. The van der Waals surface area contributed by atoms with Crippen LogP contribution >= 0.6 is 0 Å². The van der Waals surface area contributed by atoms with Gasteiger partial charge in [-0.05, 0) is 31.6 Å². The van der Waals surface area contributed by atoms with Gasteiger partial charge in [-0.1, -0.05) is 5.21 Å². The van der Waals surface area contributed by atoms with Gasteiger partial charge >= 0.3 is 0 Å². The fourth-order valence-corrected chi connectivity index (χ4v) is 3.19. The topological polar surface area (TPSA) is 84.3 Å². The van der Waals surface area contributed by atoms with Crippen LogP contribution in [-0.4, -0.2) is 51.5 Å². The maximum atomic E-state index is 12.6. The molecule has 8 heteroatoms. The lowest BCUT2D eigenvalue weighted by molar-refractivity contribution is -0.133. The van der Waals surface area contributed by atoms with Gasteiger partial charge in [0.15, 0.2) is 0 Å². The molecule has 1 unspecified atom stereocenters. The number of aromatic nitrogens is 3. The van der Waals surface area contributed by atoms with Crippen molar-refractivity contribution in [2.75, 3.05) is 19.7 Å². The molecule has 3 heterocycles. The van der Waals surface area contributed by atoms with Gasteiger partial charge in [0, 0.05) is 26.2 Å². The first-order chi connectivity index (χ1) is 11.3. The average Bonchev–Trinajstić information content (AvgIpc) is 3.14. The quantitative estimate of drug-likeness (QED) is 0.782. The van der Waals surface area contributed by atoms with Crippen LogP contribution in [0.1, 0.15) is 37.1 Å². The maximum absolute atomic E-state index is 12.6. The summed E-state index contributed by atoms with van der Waals surface area (Å²) in [7, 11) is 0. The van der Waals surface area contributed by atoms with E-state index in [1.807, 2.05) is 9.58 Å². The number of amides is 1. The zero-order chi connectivity index (χ0) is 15.6. The number of carbonyl (C=O) groups is 1. The number of nitrogens with one attached hydrogen (secondary N) is 2. The van der Waals surface area contributed by atoms with Gasteiger partial charge in [0.2, 0.25) is 5.91 Å². The SMILES string of the molecule is O=C(C1CCNN1)N1CCCn2nnc(COCC3CC3)c2C1. The van der Waals surface area contributed by atoms with Crippen molar-refractivity contribution in [1.82, 2.24) is 30.7 Å². The third-order valence-corrected chi connectivity index (χ3v) is 4.79. The molecule has 1 atom stereocenters. The largest absolute Gasteiger partial charge is 0.375 e. The first-order valence-corrected chi connectivity index (χ1v) is 8.57. The first-order valence-electron chi connectivity index (χ1n) is 8.57. The summed E-state index contributed by atoms with van der Waals surface area (Å²) in [5, 5.41) is 8.51. The molecule has 0 radical (unpaired) electrons. The molecule has 1 saturated heterocycles. The maximum Gasteiger partial charge on any atom is 0.241 e. The predicted molar refractivity (Wildman–Crippen MR) is 82.0 cm³/mol. The summed E-state index contributed by atoms with van der Waals surface area (Å²) in [6.45, 7) is 4.30. The molecule has 1 aliphatic carbocycles. The standard InChI is InChI=1S/C15H24N6O2/c22-15(12-4-5-16-17-12)20-6-1-7-21-14(8-20)13(18-19-21)10-23-9-11-2-3-11/h11-12,16-17H,1-10H2. The van der Waals surface area contributed by atoms with Gasteiger partial charge in [-0.15, -0.1) is 5.10 Å². The number of hydrogen-bond donors (Lipinski definition) is 2. The summed E-state index contributed by atoms with van der Waals surface area (Å²) in [5.41, 5.74) is 7.99. The van der Waals surface area contributed by atoms with Crippen molar-refractivity contribution in [3.8, 4) is 0 Å². The van der Waals surface area contributed by atoms with Crippen molar-refractivity contribution >= 4 is 5.91 Å². The average molecular weight is 320 g/mol. The minimum Gasteiger partial charge on any atom is -0.375 e. The second-order valence-corrected chi connectivity index (χ2v) is 6.69. The number of ether oxygens (including phenoxy) is 1. The van der Waals surface area contributed by atoms with Gasteiger partial charge in [0.1, 0.15) is 11.7 Å². The van der Waals surface area contributed by atoms with Crippen molar-refractivity contribution in [2.24, 2.45) is 5.92 Å². The van der Waals surface area contributed by atoms with Crippen LogP contribution in [0.5, 0.6) is 0 Å². The van der Waals surface area contributed by atoms with Crippen molar-refractivity contribution < 1.29 is 9.53 Å². The zero-order valence-corrected chi connectivity index (χ0v) is 13.3. The summed E-state index contributed by atoms with van der Waals surface area (Å²) >= 11 is 0. The van der Waals surface area contributed by atoms with E-state index in [0.29, 0.717) is 13.2 Å². The fourth-order valence-electron chi connectivity index (χ4n) is 3.19. The summed E-state index contributed by atoms with van der Waals surface area (Å²) < 4.78 is 7.70. The smallest absolute Gasteiger partial charge is 0.241 e. The van der Waals surface area contributed by atoms with Gasteiger partial charge in [0.25, 0.3) is 0 Å². The Kier molecular flexibility index (Phi) is 4.28. The van der Waals surface area contributed by atoms with Gasteiger partial charge in [-0.25, -0.2) is 10.1 Å². The zero-order valence-electron chi connectivity index (χ0n) is 13.3. The van der Waals surface area contributed by atoms with Crippen LogP contribution in [0.25, 0.3) is 0 Å². The monoisotopic (exact) mass is 320 g/mol. The molecule has 126 valence electrons. The third-order valence-electron chi connectivity index (χ3n) is 4.79. The molecule has 23 heavy (non-hydrogen) atoms. The molecular weight excluding hydrogens is 296 g/mol. The minimum atomic E-state index is -0.119. The van der Waals surface area contributed by atoms with E-state index in [1.165, 1.54) is 12.8 Å². The van der Waals surface area contributed by atoms with Crippen LogP contribution in [0.15, 0.2) is 0 Å². The lowest BCUT2D eigenvalue weighted by Crippen LogP contribution is -2.45. The van der Waals surface area contributed by atoms with E-state index in [0.717, 1.165) is 56.4 Å². The molecule has 0 spiro atoms. The van der Waals surface area contributed by atoms with Crippen molar-refractivity contribution in [1.29, 1.82) is 0 Å². The predicted octanol–water partition coefficient (Wildman–Crippen LogP) is -0.196. The van der Waals surface area contributed by atoms with E-state index in [2.05, 4.69) is 21.2 Å². The fraction of sp³-hybridized carbons (Fsp3) is 0.800. The highest BCUT2D eigenvalue weighted by atomic mass is 16.5. The Morgan fingerprint density at radius 2 is 2.22 bits per heavy atom. The van der Waals surface area contributed by atoms with Gasteiger partial charge < -0.3 is 9.64 Å². The van der Waals surface area contributed by atoms with Crippen molar-refractivity contribution in [3.63, 3.8) is 0 Å². The summed E-state index contributed by atoms with van der Waals surface area (Å²) in [6.07, 6.45) is 4.31. The molecule has 1 aromatic heterocycles. The number of fused-ring (bicyclic) bond motifs is 1. The number of hydrazine groups is 1. The number of hydrogen-bond acceptors (Lipinski definition) is 6. The lowest BCUT2D eigenvalue weighted by atomic mass is 10.2. The van der Waals surface area contributed by atoms with Crippen LogP contribution in [0, 0.1) is 5.92 Å². The highest BCUT2D eigenvalue weighted by Gasteiger charge is 2.30. The van der Waals surface area contributed by atoms with E-state index in [1.54, 1.807) is 0 Å². The van der Waals surface area contributed by atoms with E-state index in [4.69, 9.17) is 4.74 Å². The highest BCUT2D eigenvalue weighted by molar-refractivity contribution is 5.82. The van der Waals surface area contributed by atoms with E-state index < -0.39 is 0 Å². The second kappa shape index (κ2) is 6.54. The molecule has 1 saturated carbocycles. The number of aryl methyl sites for hydroxylation is 1. The molecule has 0 bridgehead atoms. The minimum absolute atomic E-state index is 0.119. The van der Waals surface area contributed by atoms with E-state index in [-0.39, 0.29) is 11.9 Å². The van der Waals surface area contributed by atoms with Crippen LogP contribution < -0.4 is 10.9 Å². The lowest BCUT2D eigenvalue weighted by Gasteiger charge is -2.23. The molecule has 1 aromatic rings. The van der Waals surface area contributed by atoms with E-state index >= 15 is 0 Å². The van der Waals surface area contributed by atoms with Crippen molar-refractivity contribution in [3.05, 3.63) is 11.4 Å². The number of carbonyl (C=O) groups excluding carboxylic acids is 1. The molecular formula is C15H24N6O2. The number of rotatable bonds is 5. The Balaban J connectivity index is 1.43. The molecule has 2 aliphatic heterocycles. The highest BCUT2D eigenvalue weighted by Crippen LogP contribution is 2.29. The Morgan fingerprint density at radius 1 is 1.30 bits per heavy atom. The van der Waals surface area contributed by atoms with Crippen LogP contribution in [-0.2, 0) is 29.2 Å². The molecule has 2 N–H and O–H groups in total. The van der Waals surface area contributed by atoms with Crippen LogP contribution in [0.2, 0.25) is 0 Å². The van der Waals surface area contributed by atoms with Gasteiger partial charge in [0.05, 0.1) is 18.8 Å². The van der Waals surface area contributed by atoms with Crippen LogP contribution in [0.4, 0.5) is 0 Å². The Morgan fingerprint density at radius 3 is 3.00 bits per heavy atom. The molecule has 1 amide bonds. The Labute approximate surface area is 135 Å². The first kappa shape index (κ1) is 15.0. The summed E-state index contributed by atoms with van der Waals surface area (Å²) in [5.74, 6) is 0.901. The molecule has 3 aliphatic rings. The molecule has 8 nitrogen and oxygen atoms in total. The Hall–Kier alpha value is -1.51.